The molecule has 2 aromatic rings. The van der Waals surface area contributed by atoms with Gasteiger partial charge >= 0.3 is 0 Å². The Morgan fingerprint density at radius 1 is 1.00 bits per heavy atom. The van der Waals surface area contributed by atoms with Crippen LogP contribution in [0.3, 0.4) is 0 Å². The Hall–Kier alpha value is 0.190. The van der Waals surface area contributed by atoms with E-state index in [0.717, 1.165) is 0 Å². The maximum atomic E-state index is 13.1. The molecule has 0 nitrogen and oxygen atoms in total. The van der Waals surface area contributed by atoms with Crippen molar-refractivity contribution in [3.8, 4) is 0 Å². The van der Waals surface area contributed by atoms with Gasteiger partial charge in [0.25, 0.3) is 0 Å². The molecule has 0 saturated heterocycles. The van der Waals surface area contributed by atoms with Gasteiger partial charge in [0.05, 0.1) is 18.9 Å². The number of hydrogen-bond donors (Lipinski definition) is 0. The first-order valence-corrected chi connectivity index (χ1v) is 8.71. The van der Waals surface area contributed by atoms with E-state index in [1.54, 1.807) is 30.5 Å². The van der Waals surface area contributed by atoms with Crippen LogP contribution in [-0.4, -0.2) is 6.26 Å². The molecule has 2 rings (SSSR count). The maximum absolute atomic E-state index is 13.1. The molecule has 0 aromatic heterocycles. The fourth-order valence-corrected chi connectivity index (χ4v) is 2.96. The summed E-state index contributed by atoms with van der Waals surface area (Å²) in [5.74, 6) is -0.618. The van der Waals surface area contributed by atoms with Gasteiger partial charge in [-0.3, -0.25) is 0 Å². The lowest BCUT2D eigenvalue weighted by molar-refractivity contribution is 0.595. The fourth-order valence-electron chi connectivity index (χ4n) is 1.17. The quantitative estimate of drug-likeness (QED) is 0.317. The summed E-state index contributed by atoms with van der Waals surface area (Å²) in [7, 11) is 0. The highest BCUT2D eigenvalue weighted by atomic mass is 79.9. The zero-order valence-electron chi connectivity index (χ0n) is 10.1. The van der Waals surface area contributed by atoms with E-state index in [1.165, 1.54) is 17.8 Å². The van der Waals surface area contributed by atoms with E-state index in [2.05, 4.69) is 31.9 Å². The second-order valence-electron chi connectivity index (χ2n) is 3.43. The average molecular weight is 465 g/mol. The number of halogens is 6. The predicted octanol–water partition coefficient (Wildman–Crippen LogP) is 7.21. The van der Waals surface area contributed by atoms with Crippen molar-refractivity contribution in [2.45, 2.75) is 4.90 Å². The third kappa shape index (κ3) is 5.19. The molecule has 0 aliphatic heterocycles. The topological polar surface area (TPSA) is 0 Å². The molecular formula is C13H8Br2Cl2F2S. The lowest BCUT2D eigenvalue weighted by Crippen LogP contribution is -1.82. The molecule has 7 heteroatoms. The second kappa shape index (κ2) is 8.59. The fraction of sp³-hybridized carbons (Fsp3) is 0.0769. The Balaban J connectivity index is 0.000000204. The molecule has 0 spiro atoms. The predicted molar refractivity (Wildman–Crippen MR) is 90.0 cm³/mol. The third-order valence-electron chi connectivity index (χ3n) is 2.09. The van der Waals surface area contributed by atoms with Gasteiger partial charge in [0.2, 0.25) is 0 Å². The average Bonchev–Trinajstić information content (AvgIpc) is 2.40. The van der Waals surface area contributed by atoms with Gasteiger partial charge < -0.3 is 0 Å². The molecule has 108 valence electrons. The molecule has 0 N–H and O–H groups in total. The van der Waals surface area contributed by atoms with Crippen molar-refractivity contribution in [1.82, 2.24) is 0 Å². The Morgan fingerprint density at radius 2 is 1.60 bits per heavy atom. The lowest BCUT2D eigenvalue weighted by atomic mass is 10.3. The van der Waals surface area contributed by atoms with E-state index < -0.39 is 0 Å². The van der Waals surface area contributed by atoms with Gasteiger partial charge in [-0.1, -0.05) is 23.2 Å². The van der Waals surface area contributed by atoms with Crippen LogP contribution in [0.1, 0.15) is 0 Å². The summed E-state index contributed by atoms with van der Waals surface area (Å²) in [5, 5.41) is 0.869. The minimum Gasteiger partial charge on any atom is -0.206 e. The molecular weight excluding hydrogens is 457 g/mol. The SMILES string of the molecule is CSc1c(Cl)ccc(Br)c1F.Fc1cc(Cl)ccc1Br. The van der Waals surface area contributed by atoms with Crippen LogP contribution in [0.25, 0.3) is 0 Å². The smallest absolute Gasteiger partial charge is 0.152 e. The van der Waals surface area contributed by atoms with Crippen LogP contribution in [0.15, 0.2) is 44.2 Å². The highest BCUT2D eigenvalue weighted by Gasteiger charge is 2.08. The number of thioether (sulfide) groups is 1. The van der Waals surface area contributed by atoms with Gasteiger partial charge in [0.1, 0.15) is 5.82 Å². The first-order chi connectivity index (χ1) is 9.36. The van der Waals surface area contributed by atoms with E-state index in [0.29, 0.717) is 23.9 Å². The normalized spacial score (nSPS) is 9.95. The van der Waals surface area contributed by atoms with Gasteiger partial charge in [0.15, 0.2) is 5.82 Å². The van der Waals surface area contributed by atoms with E-state index in [-0.39, 0.29) is 11.6 Å². The van der Waals surface area contributed by atoms with Crippen molar-refractivity contribution in [3.63, 3.8) is 0 Å². The van der Waals surface area contributed by atoms with E-state index in [9.17, 15) is 8.78 Å². The Bertz CT molecular complexity index is 609. The summed E-state index contributed by atoms with van der Waals surface area (Å²) >= 11 is 18.5. The minimum absolute atomic E-state index is 0.287. The summed E-state index contributed by atoms with van der Waals surface area (Å²) in [6, 6.07) is 7.70. The highest BCUT2D eigenvalue weighted by molar-refractivity contribution is 9.10. The van der Waals surface area contributed by atoms with Crippen LogP contribution in [0, 0.1) is 11.6 Å². The number of benzene rings is 2. The van der Waals surface area contributed by atoms with Crippen LogP contribution >= 0.6 is 66.8 Å². The molecule has 0 saturated carbocycles. The second-order valence-corrected chi connectivity index (χ2v) is 6.80. The monoisotopic (exact) mass is 462 g/mol. The van der Waals surface area contributed by atoms with Gasteiger partial charge in [-0.25, -0.2) is 8.78 Å². The van der Waals surface area contributed by atoms with Crippen molar-refractivity contribution in [2.24, 2.45) is 0 Å². The molecule has 0 radical (unpaired) electrons. The summed E-state index contributed by atoms with van der Waals surface area (Å²) in [4.78, 5) is 0.487. The van der Waals surface area contributed by atoms with Gasteiger partial charge in [-0.2, -0.15) is 0 Å². The standard InChI is InChI=1S/C7H5BrClFS.C6H3BrClF/c1-11-7-5(9)3-2-4(8)6(7)10;7-5-2-1-4(8)3-6(5)9/h2-3H,1H3;1-3H. The third-order valence-corrected chi connectivity index (χ3v) is 4.81. The van der Waals surface area contributed by atoms with Crippen LogP contribution in [-0.2, 0) is 0 Å². The largest absolute Gasteiger partial charge is 0.206 e. The van der Waals surface area contributed by atoms with Crippen molar-refractivity contribution in [3.05, 3.63) is 61.0 Å². The highest BCUT2D eigenvalue weighted by Crippen LogP contribution is 2.32. The molecule has 0 atom stereocenters. The lowest BCUT2D eigenvalue weighted by Gasteiger charge is -2.02. The van der Waals surface area contributed by atoms with Crippen LogP contribution in [0.4, 0.5) is 8.78 Å². The molecule has 0 fully saturated rings. The Labute approximate surface area is 147 Å². The molecule has 0 aliphatic rings. The summed E-state index contributed by atoms with van der Waals surface area (Å²) in [5.41, 5.74) is 0. The number of rotatable bonds is 1. The number of hydrogen-bond acceptors (Lipinski definition) is 1. The first kappa shape index (κ1) is 18.2. The zero-order chi connectivity index (χ0) is 15.3. The van der Waals surface area contributed by atoms with Gasteiger partial charge in [-0.15, -0.1) is 11.8 Å². The van der Waals surface area contributed by atoms with E-state index in [1.807, 2.05) is 0 Å². The zero-order valence-corrected chi connectivity index (χ0v) is 15.6. The van der Waals surface area contributed by atoms with Crippen molar-refractivity contribution in [1.29, 1.82) is 0 Å². The first-order valence-electron chi connectivity index (χ1n) is 5.14. The van der Waals surface area contributed by atoms with E-state index >= 15 is 0 Å². The molecule has 2 aromatic carbocycles. The molecule has 0 bridgehead atoms. The molecule has 0 amide bonds. The molecule has 20 heavy (non-hydrogen) atoms. The van der Waals surface area contributed by atoms with E-state index in [4.69, 9.17) is 23.2 Å². The van der Waals surface area contributed by atoms with Crippen molar-refractivity contribution < 1.29 is 8.78 Å². The molecule has 0 heterocycles. The van der Waals surface area contributed by atoms with Crippen LogP contribution in [0.2, 0.25) is 10.0 Å². The van der Waals surface area contributed by atoms with Crippen LogP contribution < -0.4 is 0 Å². The Kier molecular flexibility index (Phi) is 7.83. The van der Waals surface area contributed by atoms with Crippen molar-refractivity contribution >= 4 is 66.8 Å². The summed E-state index contributed by atoms with van der Waals surface area (Å²) < 4.78 is 26.4. The maximum Gasteiger partial charge on any atom is 0.152 e. The van der Waals surface area contributed by atoms with Gasteiger partial charge in [-0.05, 0) is 68.4 Å². The summed E-state index contributed by atoms with van der Waals surface area (Å²) in [6.07, 6.45) is 1.79. The van der Waals surface area contributed by atoms with Gasteiger partial charge in [0, 0.05) is 5.02 Å². The Morgan fingerprint density at radius 3 is 2.05 bits per heavy atom. The minimum atomic E-state index is -0.331. The van der Waals surface area contributed by atoms with Crippen LogP contribution in [0.5, 0.6) is 0 Å². The summed E-state index contributed by atoms with van der Waals surface area (Å²) in [6.45, 7) is 0. The van der Waals surface area contributed by atoms with Crippen molar-refractivity contribution in [2.75, 3.05) is 6.26 Å². The molecule has 0 aliphatic carbocycles. The molecule has 0 unspecified atom stereocenters.